The Kier molecular flexibility index (Phi) is 7.48. The van der Waals surface area contributed by atoms with Gasteiger partial charge in [0.05, 0.1) is 11.1 Å². The molecule has 2 aromatic carbocycles. The average Bonchev–Trinajstić information content (AvgIpc) is 3.10. The largest absolute Gasteiger partial charge is 0.444 e. The number of amides is 6. The first-order chi connectivity index (χ1) is 18.3. The molecule has 2 heterocycles. The molecule has 0 saturated carbocycles. The van der Waals surface area contributed by atoms with E-state index in [2.05, 4.69) is 16.0 Å². The number of ether oxygens (including phenoxy) is 1. The quantitative estimate of drug-likeness (QED) is 0.477. The Balaban J connectivity index is 1.38. The molecule has 1 unspecified atom stereocenters. The van der Waals surface area contributed by atoms with E-state index >= 15 is 0 Å². The van der Waals surface area contributed by atoms with Crippen molar-refractivity contribution in [3.63, 3.8) is 0 Å². The van der Waals surface area contributed by atoms with Gasteiger partial charge in [0.2, 0.25) is 11.8 Å². The van der Waals surface area contributed by atoms with Crippen LogP contribution >= 0.6 is 0 Å². The number of carbonyl (C=O) groups excluding carboxylic acids is 6. The van der Waals surface area contributed by atoms with Crippen LogP contribution in [0.25, 0.3) is 0 Å². The van der Waals surface area contributed by atoms with Crippen LogP contribution in [0.5, 0.6) is 0 Å². The van der Waals surface area contributed by atoms with E-state index in [0.29, 0.717) is 5.56 Å². The van der Waals surface area contributed by atoms with Crippen molar-refractivity contribution in [3.05, 3.63) is 70.0 Å². The molecule has 6 amide bonds. The summed E-state index contributed by atoms with van der Waals surface area (Å²) in [5.41, 5.74) is 0.138. The molecule has 0 bridgehead atoms. The van der Waals surface area contributed by atoms with Crippen molar-refractivity contribution in [2.75, 3.05) is 0 Å². The van der Waals surface area contributed by atoms with Gasteiger partial charge in [0.25, 0.3) is 17.7 Å². The van der Waals surface area contributed by atoms with Crippen LogP contribution in [0, 0.1) is 5.82 Å². The van der Waals surface area contributed by atoms with Crippen LogP contribution in [0.15, 0.2) is 36.4 Å². The van der Waals surface area contributed by atoms with E-state index in [1.165, 1.54) is 30.3 Å². The molecule has 204 valence electrons. The first-order valence-corrected chi connectivity index (χ1v) is 12.2. The number of halogens is 1. The molecule has 4 rings (SSSR count). The Labute approximate surface area is 223 Å². The van der Waals surface area contributed by atoms with Crippen molar-refractivity contribution >= 4 is 35.6 Å². The molecule has 2 aliphatic heterocycles. The third kappa shape index (κ3) is 6.11. The lowest BCUT2D eigenvalue weighted by Gasteiger charge is -2.27. The third-order valence-electron chi connectivity index (χ3n) is 6.09. The topological polar surface area (TPSA) is 151 Å². The van der Waals surface area contributed by atoms with Gasteiger partial charge in [-0.3, -0.25) is 34.2 Å². The summed E-state index contributed by atoms with van der Waals surface area (Å²) in [5.74, 6) is -3.73. The lowest BCUT2D eigenvalue weighted by Crippen LogP contribution is -2.54. The molecular weight excluding hydrogens is 511 g/mol. The van der Waals surface area contributed by atoms with E-state index in [4.69, 9.17) is 4.74 Å². The Morgan fingerprint density at radius 3 is 2.38 bits per heavy atom. The van der Waals surface area contributed by atoms with E-state index in [0.717, 1.165) is 4.90 Å². The second-order valence-electron chi connectivity index (χ2n) is 10.2. The SMILES string of the molecule is CC(C)(C)OC(=O)NCc1ccc(CNC(=O)c2ccc3c(c2)C(=O)N(C2CCC(=O)NC2=O)C3=O)cc1F. The molecule has 2 aliphatic rings. The highest BCUT2D eigenvalue weighted by Crippen LogP contribution is 2.28. The van der Waals surface area contributed by atoms with Crippen molar-refractivity contribution in [3.8, 4) is 0 Å². The standard InChI is InChI=1S/C27H27FN4O7/c1-27(2,3)39-26(38)30-13-16-5-4-14(10-19(16)28)12-29-22(34)15-6-7-17-18(11-15)25(37)32(24(17)36)20-8-9-21(33)31-23(20)35/h4-7,10-11,20H,8-9,12-13H2,1-3H3,(H,29,34)(H,30,38)(H,31,33,35). The first kappa shape index (κ1) is 27.4. The zero-order valence-electron chi connectivity index (χ0n) is 21.6. The molecule has 0 aromatic heterocycles. The summed E-state index contributed by atoms with van der Waals surface area (Å²) in [7, 11) is 0. The van der Waals surface area contributed by atoms with Crippen LogP contribution in [0.1, 0.15) is 75.8 Å². The van der Waals surface area contributed by atoms with Crippen LogP contribution in [0.4, 0.5) is 9.18 Å². The van der Waals surface area contributed by atoms with Crippen LogP contribution in [-0.2, 0) is 27.4 Å². The van der Waals surface area contributed by atoms with E-state index in [1.807, 2.05) is 0 Å². The summed E-state index contributed by atoms with van der Waals surface area (Å²) in [6, 6.07) is 7.18. The molecule has 0 aliphatic carbocycles. The maximum Gasteiger partial charge on any atom is 0.407 e. The smallest absolute Gasteiger partial charge is 0.407 e. The number of rotatable bonds is 6. The average molecular weight is 539 g/mol. The molecule has 0 spiro atoms. The summed E-state index contributed by atoms with van der Waals surface area (Å²) in [6.07, 6.45) is -0.650. The molecule has 39 heavy (non-hydrogen) atoms. The van der Waals surface area contributed by atoms with Gasteiger partial charge in [-0.15, -0.1) is 0 Å². The number of carbonyl (C=O) groups is 6. The second-order valence-corrected chi connectivity index (χ2v) is 10.2. The fraction of sp³-hybridized carbons (Fsp3) is 0.333. The highest BCUT2D eigenvalue weighted by atomic mass is 19.1. The molecule has 1 saturated heterocycles. The Morgan fingerprint density at radius 2 is 1.72 bits per heavy atom. The number of imide groups is 2. The zero-order valence-corrected chi connectivity index (χ0v) is 21.6. The van der Waals surface area contributed by atoms with Crippen molar-refractivity contribution in [1.29, 1.82) is 0 Å². The molecule has 12 heteroatoms. The summed E-state index contributed by atoms with van der Waals surface area (Å²) in [4.78, 5) is 74.7. The fourth-order valence-corrected chi connectivity index (χ4v) is 4.22. The number of nitrogens with one attached hydrogen (secondary N) is 3. The van der Waals surface area contributed by atoms with Crippen LogP contribution in [-0.4, -0.2) is 52.2 Å². The Morgan fingerprint density at radius 1 is 1.00 bits per heavy atom. The van der Waals surface area contributed by atoms with Gasteiger partial charge in [0.1, 0.15) is 17.5 Å². The number of fused-ring (bicyclic) bond motifs is 1. The highest BCUT2D eigenvalue weighted by molar-refractivity contribution is 6.24. The van der Waals surface area contributed by atoms with Crippen LogP contribution < -0.4 is 16.0 Å². The minimum absolute atomic E-state index is 0.000700. The Hall–Kier alpha value is -4.61. The zero-order chi connectivity index (χ0) is 28.5. The van der Waals surface area contributed by atoms with Crippen LogP contribution in [0.3, 0.4) is 0 Å². The van der Waals surface area contributed by atoms with E-state index in [-0.39, 0.29) is 48.2 Å². The summed E-state index contributed by atoms with van der Waals surface area (Å²) in [6.45, 7) is 5.04. The van der Waals surface area contributed by atoms with E-state index < -0.39 is 53.1 Å². The lowest BCUT2D eigenvalue weighted by atomic mass is 10.0. The van der Waals surface area contributed by atoms with Crippen LogP contribution in [0.2, 0.25) is 0 Å². The third-order valence-corrected chi connectivity index (χ3v) is 6.09. The van der Waals surface area contributed by atoms with E-state index in [1.54, 1.807) is 26.8 Å². The monoisotopic (exact) mass is 538 g/mol. The van der Waals surface area contributed by atoms with Crippen molar-refractivity contribution in [2.24, 2.45) is 0 Å². The first-order valence-electron chi connectivity index (χ1n) is 12.2. The summed E-state index contributed by atoms with van der Waals surface area (Å²) >= 11 is 0. The molecule has 0 radical (unpaired) electrons. The molecule has 2 aromatic rings. The number of nitrogens with zero attached hydrogens (tertiary/aromatic N) is 1. The van der Waals surface area contributed by atoms with Gasteiger partial charge in [-0.1, -0.05) is 12.1 Å². The normalized spacial score (nSPS) is 17.0. The molecule has 1 atom stereocenters. The molecule has 11 nitrogen and oxygen atoms in total. The van der Waals surface area contributed by atoms with Gasteiger partial charge in [0.15, 0.2) is 0 Å². The maximum atomic E-state index is 14.5. The predicted octanol–water partition coefficient (Wildman–Crippen LogP) is 2.18. The summed E-state index contributed by atoms with van der Waals surface area (Å²) < 4.78 is 19.7. The van der Waals surface area contributed by atoms with Gasteiger partial charge in [-0.05, 0) is 57.0 Å². The number of alkyl carbamates (subject to hydrolysis) is 1. The summed E-state index contributed by atoms with van der Waals surface area (Å²) in [5, 5.41) is 7.24. The van der Waals surface area contributed by atoms with Gasteiger partial charge >= 0.3 is 6.09 Å². The predicted molar refractivity (Wildman–Crippen MR) is 134 cm³/mol. The van der Waals surface area contributed by atoms with Gasteiger partial charge in [-0.2, -0.15) is 0 Å². The van der Waals surface area contributed by atoms with Crippen molar-refractivity contribution in [2.45, 2.75) is 58.3 Å². The van der Waals surface area contributed by atoms with E-state index in [9.17, 15) is 33.2 Å². The van der Waals surface area contributed by atoms with Gasteiger partial charge in [0, 0.05) is 30.6 Å². The lowest BCUT2D eigenvalue weighted by molar-refractivity contribution is -0.136. The highest BCUT2D eigenvalue weighted by Gasteiger charge is 2.44. The second kappa shape index (κ2) is 10.6. The minimum Gasteiger partial charge on any atom is -0.444 e. The van der Waals surface area contributed by atoms with Crippen molar-refractivity contribution in [1.82, 2.24) is 20.9 Å². The van der Waals surface area contributed by atoms with Crippen molar-refractivity contribution < 1.29 is 37.9 Å². The minimum atomic E-state index is -1.11. The molecule has 3 N–H and O–H groups in total. The Bertz CT molecular complexity index is 1400. The number of piperidine rings is 1. The number of hydrogen-bond donors (Lipinski definition) is 3. The number of hydrogen-bond acceptors (Lipinski definition) is 7. The van der Waals surface area contributed by atoms with Gasteiger partial charge < -0.3 is 15.4 Å². The fourth-order valence-electron chi connectivity index (χ4n) is 4.22. The van der Waals surface area contributed by atoms with Gasteiger partial charge in [-0.25, -0.2) is 9.18 Å². The molecule has 1 fully saturated rings. The maximum absolute atomic E-state index is 14.5. The number of benzene rings is 2. The molecular formula is C27H27FN4O7.